The number of hydrogen-bond acceptors (Lipinski definition) is 4. The van der Waals surface area contributed by atoms with Crippen LogP contribution < -0.4 is 5.11 Å². The molecule has 0 aromatic heterocycles. The Morgan fingerprint density at radius 3 is 2.67 bits per heavy atom. The molecule has 1 fully saturated rings. The zero-order valence-electron chi connectivity index (χ0n) is 14.7. The van der Waals surface area contributed by atoms with Crippen molar-refractivity contribution < 1.29 is 19.7 Å². The molecular weight excluding hydrogens is 304 g/mol. The Labute approximate surface area is 145 Å². The summed E-state index contributed by atoms with van der Waals surface area (Å²) in [4.78, 5) is 10.2. The average molecular weight is 335 g/mol. The maximum absolute atomic E-state index is 10.2. The van der Waals surface area contributed by atoms with Gasteiger partial charge in [0.1, 0.15) is 6.10 Å². The summed E-state index contributed by atoms with van der Waals surface area (Å²) in [5.41, 5.74) is 0. The first kappa shape index (κ1) is 20.7. The highest BCUT2D eigenvalue weighted by Gasteiger charge is 2.34. The molecule has 0 aromatic carbocycles. The molecule has 0 spiro atoms. The third kappa shape index (κ3) is 11.2. The first-order valence-corrected chi connectivity index (χ1v) is 9.15. The Morgan fingerprint density at radius 2 is 1.92 bits per heavy atom. The molecule has 1 saturated heterocycles. The third-order valence-electron chi connectivity index (χ3n) is 3.95. The van der Waals surface area contributed by atoms with Gasteiger partial charge in [-0.2, -0.15) is 0 Å². The molecule has 0 saturated carbocycles. The largest absolute Gasteiger partial charge is 0.550 e. The second kappa shape index (κ2) is 13.0. The third-order valence-corrected chi connectivity index (χ3v) is 3.95. The standard InChI is InChI=1S/C20H32O4/c1-2-3-4-5-6-10-13-18-19(24-18)16-15-17(21)12-9-7-8-11-14-20(22)23/h6-7,9-10,15-19,21H,2-5,8,11-14H2,1H3,(H,22,23)/p-1/b9-7-,10-6-,16-15+/t17-,18-,19-/m0/s1. The normalized spacial score (nSPS) is 21.9. The van der Waals surface area contributed by atoms with E-state index in [1.165, 1.54) is 19.3 Å². The van der Waals surface area contributed by atoms with Gasteiger partial charge in [0.05, 0.1) is 12.2 Å². The topological polar surface area (TPSA) is 72.9 Å². The number of ether oxygens (including phenoxy) is 1. The summed E-state index contributed by atoms with van der Waals surface area (Å²) < 4.78 is 5.55. The number of hydrogen-bond donors (Lipinski definition) is 1. The van der Waals surface area contributed by atoms with Gasteiger partial charge < -0.3 is 19.7 Å². The zero-order valence-corrected chi connectivity index (χ0v) is 14.7. The number of carboxylic acids is 1. The van der Waals surface area contributed by atoms with Crippen LogP contribution in [0.15, 0.2) is 36.5 Å². The van der Waals surface area contributed by atoms with E-state index in [1.54, 1.807) is 6.08 Å². The van der Waals surface area contributed by atoms with Crippen molar-refractivity contribution in [3.8, 4) is 0 Å². The number of carbonyl (C=O) groups excluding carboxylic acids is 1. The minimum Gasteiger partial charge on any atom is -0.550 e. The molecule has 0 bridgehead atoms. The number of aliphatic carboxylic acids is 1. The van der Waals surface area contributed by atoms with Gasteiger partial charge >= 0.3 is 0 Å². The van der Waals surface area contributed by atoms with E-state index in [-0.39, 0.29) is 18.6 Å². The number of rotatable bonds is 14. The number of epoxide rings is 1. The van der Waals surface area contributed by atoms with E-state index in [2.05, 4.69) is 19.1 Å². The highest BCUT2D eigenvalue weighted by molar-refractivity contribution is 5.64. The van der Waals surface area contributed by atoms with Crippen molar-refractivity contribution in [2.75, 3.05) is 0 Å². The van der Waals surface area contributed by atoms with Crippen molar-refractivity contribution in [3.05, 3.63) is 36.5 Å². The Kier molecular flexibility index (Phi) is 11.2. The van der Waals surface area contributed by atoms with Gasteiger partial charge in [-0.05, 0) is 44.9 Å². The number of aliphatic hydroxyl groups is 1. The van der Waals surface area contributed by atoms with E-state index >= 15 is 0 Å². The van der Waals surface area contributed by atoms with Crippen molar-refractivity contribution in [2.24, 2.45) is 0 Å². The van der Waals surface area contributed by atoms with Gasteiger partial charge in [-0.3, -0.25) is 0 Å². The van der Waals surface area contributed by atoms with E-state index in [0.717, 1.165) is 12.8 Å². The number of unbranched alkanes of at least 4 members (excludes halogenated alkanes) is 4. The maximum atomic E-state index is 10.2. The molecule has 1 aliphatic heterocycles. The Hall–Kier alpha value is -1.39. The van der Waals surface area contributed by atoms with Gasteiger partial charge in [-0.25, -0.2) is 0 Å². The van der Waals surface area contributed by atoms with Crippen molar-refractivity contribution in [2.45, 2.75) is 83.0 Å². The molecule has 0 radical (unpaired) electrons. The van der Waals surface area contributed by atoms with Crippen LogP contribution in [0.2, 0.25) is 0 Å². The summed E-state index contributed by atoms with van der Waals surface area (Å²) in [5, 5.41) is 20.1. The van der Waals surface area contributed by atoms with Crippen LogP contribution in [-0.4, -0.2) is 29.4 Å². The lowest BCUT2D eigenvalue weighted by Gasteiger charge is -2.00. The number of carboxylic acid groups (broad SMARTS) is 1. The lowest BCUT2D eigenvalue weighted by Crippen LogP contribution is -2.21. The van der Waals surface area contributed by atoms with Crippen LogP contribution >= 0.6 is 0 Å². The molecule has 4 heteroatoms. The fourth-order valence-electron chi connectivity index (χ4n) is 2.41. The first-order chi connectivity index (χ1) is 11.6. The molecule has 3 atom stereocenters. The van der Waals surface area contributed by atoms with Crippen LogP contribution in [0.1, 0.15) is 64.7 Å². The summed E-state index contributed by atoms with van der Waals surface area (Å²) in [7, 11) is 0. The SMILES string of the molecule is CCCCC/C=C\C[C@@H]1O[C@H]1/C=C/[C@@H](O)C/C=C\CCCC(=O)[O-]. The van der Waals surface area contributed by atoms with Crippen molar-refractivity contribution in [1.82, 2.24) is 0 Å². The first-order valence-electron chi connectivity index (χ1n) is 9.15. The maximum Gasteiger partial charge on any atom is 0.103 e. The van der Waals surface area contributed by atoms with Gasteiger partial charge in [0.2, 0.25) is 0 Å². The number of carbonyl (C=O) groups is 1. The predicted molar refractivity (Wildman–Crippen MR) is 94.3 cm³/mol. The summed E-state index contributed by atoms with van der Waals surface area (Å²) >= 11 is 0. The van der Waals surface area contributed by atoms with Crippen LogP contribution in [0.5, 0.6) is 0 Å². The fourth-order valence-corrected chi connectivity index (χ4v) is 2.41. The second-order valence-corrected chi connectivity index (χ2v) is 6.27. The monoisotopic (exact) mass is 335 g/mol. The molecule has 1 heterocycles. The predicted octanol–water partition coefficient (Wildman–Crippen LogP) is 3.06. The minimum absolute atomic E-state index is 0.0836. The Morgan fingerprint density at radius 1 is 1.17 bits per heavy atom. The van der Waals surface area contributed by atoms with Gasteiger partial charge in [-0.1, -0.05) is 56.2 Å². The molecule has 136 valence electrons. The van der Waals surface area contributed by atoms with E-state index < -0.39 is 12.1 Å². The Balaban J connectivity index is 2.04. The molecule has 1 aliphatic rings. The van der Waals surface area contributed by atoms with E-state index in [9.17, 15) is 15.0 Å². The van der Waals surface area contributed by atoms with E-state index in [1.807, 2.05) is 18.2 Å². The summed E-state index contributed by atoms with van der Waals surface area (Å²) in [5.74, 6) is -1.01. The molecule has 24 heavy (non-hydrogen) atoms. The van der Waals surface area contributed by atoms with E-state index in [4.69, 9.17) is 4.74 Å². The quantitative estimate of drug-likeness (QED) is 0.301. The molecule has 0 amide bonds. The molecule has 4 nitrogen and oxygen atoms in total. The van der Waals surface area contributed by atoms with Gasteiger partial charge in [0.25, 0.3) is 0 Å². The fraction of sp³-hybridized carbons (Fsp3) is 0.650. The van der Waals surface area contributed by atoms with Crippen LogP contribution in [0.25, 0.3) is 0 Å². The highest BCUT2D eigenvalue weighted by atomic mass is 16.6. The summed E-state index contributed by atoms with van der Waals surface area (Å²) in [6.45, 7) is 2.21. The molecule has 0 aromatic rings. The van der Waals surface area contributed by atoms with Crippen molar-refractivity contribution in [3.63, 3.8) is 0 Å². The molecule has 1 N–H and O–H groups in total. The second-order valence-electron chi connectivity index (χ2n) is 6.27. The van der Waals surface area contributed by atoms with Crippen LogP contribution in [0, 0.1) is 0 Å². The van der Waals surface area contributed by atoms with Crippen LogP contribution in [-0.2, 0) is 9.53 Å². The smallest absolute Gasteiger partial charge is 0.103 e. The van der Waals surface area contributed by atoms with Crippen LogP contribution in [0.4, 0.5) is 0 Å². The van der Waals surface area contributed by atoms with Crippen LogP contribution in [0.3, 0.4) is 0 Å². The van der Waals surface area contributed by atoms with Gasteiger partial charge in [0.15, 0.2) is 0 Å². The Bertz CT molecular complexity index is 425. The molecule has 1 rings (SSSR count). The van der Waals surface area contributed by atoms with Gasteiger partial charge in [0, 0.05) is 5.97 Å². The lowest BCUT2D eigenvalue weighted by molar-refractivity contribution is -0.305. The molecular formula is C20H31O4-. The highest BCUT2D eigenvalue weighted by Crippen LogP contribution is 2.27. The molecule has 0 aliphatic carbocycles. The average Bonchev–Trinajstić information content (AvgIpc) is 3.30. The molecule has 0 unspecified atom stereocenters. The van der Waals surface area contributed by atoms with E-state index in [0.29, 0.717) is 19.3 Å². The summed E-state index contributed by atoms with van der Waals surface area (Å²) in [6.07, 6.45) is 19.6. The minimum atomic E-state index is -1.01. The van der Waals surface area contributed by atoms with Crippen molar-refractivity contribution in [1.29, 1.82) is 0 Å². The van der Waals surface area contributed by atoms with Crippen molar-refractivity contribution >= 4 is 5.97 Å². The lowest BCUT2D eigenvalue weighted by atomic mass is 10.1. The zero-order chi connectivity index (χ0) is 17.6. The van der Waals surface area contributed by atoms with Gasteiger partial charge in [-0.15, -0.1) is 0 Å². The number of aliphatic hydroxyl groups excluding tert-OH is 1. The number of allylic oxidation sites excluding steroid dienone is 2. The summed E-state index contributed by atoms with van der Waals surface area (Å²) in [6, 6.07) is 0.